The number of anilines is 1. The molecule has 2 aromatic carbocycles. The van der Waals surface area contributed by atoms with Gasteiger partial charge in [-0.25, -0.2) is 0 Å². The molecule has 0 aromatic heterocycles. The van der Waals surface area contributed by atoms with Crippen LogP contribution >= 0.6 is 0 Å². The number of carbonyl (C=O) groups excluding carboxylic acids is 2. The second-order valence-electron chi connectivity index (χ2n) is 7.16. The van der Waals surface area contributed by atoms with E-state index in [1.54, 1.807) is 0 Å². The van der Waals surface area contributed by atoms with E-state index < -0.39 is 0 Å². The maximum absolute atomic E-state index is 12.6. The molecule has 5 nitrogen and oxygen atoms in total. The topological polar surface area (TPSA) is 61.4 Å². The third-order valence-electron chi connectivity index (χ3n) is 4.84. The minimum absolute atomic E-state index is 0.0287. The monoisotopic (exact) mass is 365 g/mol. The Balaban J connectivity index is 1.51. The van der Waals surface area contributed by atoms with E-state index in [-0.39, 0.29) is 17.7 Å². The van der Waals surface area contributed by atoms with Gasteiger partial charge in [0.2, 0.25) is 11.8 Å². The zero-order valence-electron chi connectivity index (χ0n) is 15.8. The summed E-state index contributed by atoms with van der Waals surface area (Å²) >= 11 is 0. The molecule has 1 heterocycles. The van der Waals surface area contributed by atoms with Gasteiger partial charge in [0.25, 0.3) is 0 Å². The van der Waals surface area contributed by atoms with Crippen LogP contribution in [0.4, 0.5) is 5.69 Å². The molecule has 1 atom stereocenters. The molecule has 2 N–H and O–H groups in total. The molecule has 0 saturated carbocycles. The highest BCUT2D eigenvalue weighted by Crippen LogP contribution is 2.19. The number of nitrogens with one attached hydrogen (secondary N) is 2. The first kappa shape index (κ1) is 19.1. The molecule has 1 fully saturated rings. The molecule has 0 radical (unpaired) electrons. The van der Waals surface area contributed by atoms with Crippen LogP contribution in [0.25, 0.3) is 0 Å². The van der Waals surface area contributed by atoms with E-state index in [0.29, 0.717) is 6.54 Å². The van der Waals surface area contributed by atoms with Gasteiger partial charge in [-0.3, -0.25) is 14.5 Å². The second kappa shape index (κ2) is 9.33. The van der Waals surface area contributed by atoms with Crippen molar-refractivity contribution >= 4 is 17.5 Å². The molecular weight excluding hydrogens is 338 g/mol. The van der Waals surface area contributed by atoms with Crippen molar-refractivity contribution < 1.29 is 9.59 Å². The van der Waals surface area contributed by atoms with Crippen molar-refractivity contribution in [2.75, 3.05) is 18.4 Å². The predicted molar refractivity (Wildman–Crippen MR) is 107 cm³/mol. The summed E-state index contributed by atoms with van der Waals surface area (Å²) in [6.45, 7) is 4.69. The van der Waals surface area contributed by atoms with Gasteiger partial charge >= 0.3 is 0 Å². The highest BCUT2D eigenvalue weighted by atomic mass is 16.2. The number of amides is 2. The first-order chi connectivity index (χ1) is 13.1. The first-order valence-corrected chi connectivity index (χ1v) is 9.50. The number of carbonyl (C=O) groups is 2. The third-order valence-corrected chi connectivity index (χ3v) is 4.84. The van der Waals surface area contributed by atoms with Crippen LogP contribution in [0.3, 0.4) is 0 Å². The Morgan fingerprint density at radius 2 is 1.85 bits per heavy atom. The molecule has 1 unspecified atom stereocenters. The number of likely N-dealkylation sites (tertiary alicyclic amines) is 1. The van der Waals surface area contributed by atoms with Crippen LogP contribution in [-0.4, -0.2) is 29.8 Å². The zero-order chi connectivity index (χ0) is 19.1. The van der Waals surface area contributed by atoms with Gasteiger partial charge in [0.1, 0.15) is 0 Å². The van der Waals surface area contributed by atoms with Gasteiger partial charge in [-0.1, -0.05) is 42.5 Å². The van der Waals surface area contributed by atoms with Crippen molar-refractivity contribution in [1.82, 2.24) is 10.2 Å². The zero-order valence-corrected chi connectivity index (χ0v) is 15.8. The summed E-state index contributed by atoms with van der Waals surface area (Å²) in [5.74, 6) is 0.0376. The highest BCUT2D eigenvalue weighted by Gasteiger charge is 2.25. The standard InChI is InChI=1S/C22H27N3O2/c1-17(26)24-21-11-5-9-19(13-21)14-23-22(27)20-10-6-12-25(16-20)15-18-7-3-2-4-8-18/h2-5,7-9,11,13,20H,6,10,12,14-16H2,1H3,(H,23,27)(H,24,26). The van der Waals surface area contributed by atoms with Crippen molar-refractivity contribution in [3.05, 3.63) is 65.7 Å². The Kier molecular flexibility index (Phi) is 6.60. The lowest BCUT2D eigenvalue weighted by molar-refractivity contribution is -0.127. The molecule has 5 heteroatoms. The molecule has 142 valence electrons. The van der Waals surface area contributed by atoms with Crippen LogP contribution in [0.5, 0.6) is 0 Å². The Morgan fingerprint density at radius 3 is 2.63 bits per heavy atom. The first-order valence-electron chi connectivity index (χ1n) is 9.50. The van der Waals surface area contributed by atoms with Gasteiger partial charge in [0.15, 0.2) is 0 Å². The van der Waals surface area contributed by atoms with E-state index in [1.165, 1.54) is 12.5 Å². The number of hydrogen-bond donors (Lipinski definition) is 2. The maximum Gasteiger partial charge on any atom is 0.224 e. The lowest BCUT2D eigenvalue weighted by atomic mass is 9.96. The normalized spacial score (nSPS) is 17.3. The molecular formula is C22H27N3O2. The van der Waals surface area contributed by atoms with Crippen molar-refractivity contribution in [2.45, 2.75) is 32.9 Å². The Labute approximate surface area is 160 Å². The van der Waals surface area contributed by atoms with Crippen molar-refractivity contribution in [3.8, 4) is 0 Å². The van der Waals surface area contributed by atoms with Crippen molar-refractivity contribution in [3.63, 3.8) is 0 Å². The molecule has 1 aliphatic rings. The number of nitrogens with zero attached hydrogens (tertiary/aromatic N) is 1. The average Bonchev–Trinajstić information content (AvgIpc) is 2.67. The van der Waals surface area contributed by atoms with Crippen LogP contribution in [0, 0.1) is 5.92 Å². The van der Waals surface area contributed by atoms with Crippen LogP contribution < -0.4 is 10.6 Å². The molecule has 0 bridgehead atoms. The Morgan fingerprint density at radius 1 is 1.07 bits per heavy atom. The fourth-order valence-corrected chi connectivity index (χ4v) is 3.55. The molecule has 3 rings (SSSR count). The molecule has 2 aromatic rings. The SMILES string of the molecule is CC(=O)Nc1cccc(CNC(=O)C2CCCN(Cc3ccccc3)C2)c1. The molecule has 1 saturated heterocycles. The average molecular weight is 365 g/mol. The van der Waals surface area contributed by atoms with Gasteiger partial charge < -0.3 is 10.6 Å². The fourth-order valence-electron chi connectivity index (χ4n) is 3.55. The summed E-state index contributed by atoms with van der Waals surface area (Å²) in [5.41, 5.74) is 3.01. The summed E-state index contributed by atoms with van der Waals surface area (Å²) in [4.78, 5) is 26.2. The van der Waals surface area contributed by atoms with E-state index in [9.17, 15) is 9.59 Å². The van der Waals surface area contributed by atoms with Crippen molar-refractivity contribution in [2.24, 2.45) is 5.92 Å². The molecule has 0 aliphatic carbocycles. The predicted octanol–water partition coefficient (Wildman–Crippen LogP) is 3.17. The number of benzene rings is 2. The van der Waals surface area contributed by atoms with Gasteiger partial charge in [-0.2, -0.15) is 0 Å². The minimum Gasteiger partial charge on any atom is -0.352 e. The maximum atomic E-state index is 12.6. The lowest BCUT2D eigenvalue weighted by Crippen LogP contribution is -2.42. The van der Waals surface area contributed by atoms with Gasteiger partial charge in [-0.15, -0.1) is 0 Å². The number of piperidine rings is 1. The van der Waals surface area contributed by atoms with E-state index in [0.717, 1.165) is 43.7 Å². The van der Waals surface area contributed by atoms with Crippen LogP contribution in [-0.2, 0) is 22.7 Å². The number of hydrogen-bond acceptors (Lipinski definition) is 3. The van der Waals surface area contributed by atoms with Crippen LogP contribution in [0.2, 0.25) is 0 Å². The smallest absolute Gasteiger partial charge is 0.224 e. The van der Waals surface area contributed by atoms with Crippen LogP contribution in [0.15, 0.2) is 54.6 Å². The van der Waals surface area contributed by atoms with E-state index in [4.69, 9.17) is 0 Å². The van der Waals surface area contributed by atoms with E-state index in [2.05, 4.69) is 39.8 Å². The van der Waals surface area contributed by atoms with E-state index in [1.807, 2.05) is 30.3 Å². The van der Waals surface area contributed by atoms with Crippen molar-refractivity contribution in [1.29, 1.82) is 0 Å². The molecule has 27 heavy (non-hydrogen) atoms. The second-order valence-corrected chi connectivity index (χ2v) is 7.16. The summed E-state index contributed by atoms with van der Waals surface area (Å²) < 4.78 is 0. The summed E-state index contributed by atoms with van der Waals surface area (Å²) in [6, 6.07) is 18.0. The van der Waals surface area contributed by atoms with Gasteiger partial charge in [-0.05, 0) is 42.6 Å². The largest absolute Gasteiger partial charge is 0.352 e. The lowest BCUT2D eigenvalue weighted by Gasteiger charge is -2.32. The summed E-state index contributed by atoms with van der Waals surface area (Å²) in [6.07, 6.45) is 1.98. The molecule has 0 spiro atoms. The van der Waals surface area contributed by atoms with Gasteiger partial charge in [0.05, 0.1) is 5.92 Å². The molecule has 1 aliphatic heterocycles. The third kappa shape index (κ3) is 5.93. The summed E-state index contributed by atoms with van der Waals surface area (Å²) in [5, 5.41) is 5.82. The van der Waals surface area contributed by atoms with Crippen LogP contribution in [0.1, 0.15) is 30.9 Å². The molecule has 2 amide bonds. The Bertz CT molecular complexity index is 776. The fraction of sp³-hybridized carbons (Fsp3) is 0.364. The summed E-state index contributed by atoms with van der Waals surface area (Å²) in [7, 11) is 0. The number of rotatable bonds is 6. The minimum atomic E-state index is -0.100. The quantitative estimate of drug-likeness (QED) is 0.827. The highest BCUT2D eigenvalue weighted by molar-refractivity contribution is 5.88. The van der Waals surface area contributed by atoms with E-state index >= 15 is 0 Å². The van der Waals surface area contributed by atoms with Gasteiger partial charge in [0, 0.05) is 32.2 Å². The Hall–Kier alpha value is -2.66.